The van der Waals surface area contributed by atoms with Gasteiger partial charge in [-0.2, -0.15) is 0 Å². The topological polar surface area (TPSA) is 29.0 Å². The maximum absolute atomic E-state index is 4.56. The molecule has 3 nitrogen and oxygen atoms in total. The van der Waals surface area contributed by atoms with Crippen LogP contribution >= 0.6 is 15.9 Å². The molecule has 0 saturated heterocycles. The van der Waals surface area contributed by atoms with Gasteiger partial charge in [-0.05, 0) is 39.0 Å². The first-order chi connectivity index (χ1) is 8.86. The highest BCUT2D eigenvalue weighted by molar-refractivity contribution is 9.09. The van der Waals surface area contributed by atoms with Gasteiger partial charge in [-0.1, -0.05) is 22.4 Å². The van der Waals surface area contributed by atoms with Crippen molar-refractivity contribution in [2.45, 2.75) is 45.4 Å². The minimum atomic E-state index is 1.02. The van der Waals surface area contributed by atoms with Crippen LogP contribution in [0, 0.1) is 0 Å². The molecule has 1 aliphatic rings. The smallest absolute Gasteiger partial charge is 0.135 e. The van der Waals surface area contributed by atoms with Gasteiger partial charge in [0.05, 0.1) is 0 Å². The van der Waals surface area contributed by atoms with Gasteiger partial charge in [-0.15, -0.1) is 0 Å². The van der Waals surface area contributed by atoms with Gasteiger partial charge in [0, 0.05) is 29.7 Å². The molecule has 0 N–H and O–H groups in total. The van der Waals surface area contributed by atoms with E-state index in [1.54, 1.807) is 6.33 Å². The van der Waals surface area contributed by atoms with Crippen LogP contribution in [-0.4, -0.2) is 28.4 Å². The zero-order chi connectivity index (χ0) is 12.8. The average Bonchev–Trinajstić information content (AvgIpc) is 2.65. The fraction of sp³-hybridized carbons (Fsp3) is 0.714. The predicted molar refractivity (Wildman–Crippen MR) is 79.6 cm³/mol. The number of anilines is 1. The standard InChI is InChI=1S/C14H22BrN3/c1-2-18(10-6-9-15)14-12-7-4-3-5-8-13(12)16-11-17-14/h11H,2-10H2,1H3. The van der Waals surface area contributed by atoms with Crippen molar-refractivity contribution >= 4 is 21.7 Å². The summed E-state index contributed by atoms with van der Waals surface area (Å²) < 4.78 is 0. The van der Waals surface area contributed by atoms with E-state index in [0.717, 1.165) is 37.7 Å². The summed E-state index contributed by atoms with van der Waals surface area (Å²) in [7, 11) is 0. The normalized spacial score (nSPS) is 15.0. The van der Waals surface area contributed by atoms with Gasteiger partial charge < -0.3 is 4.90 Å². The third-order valence-corrected chi connectivity index (χ3v) is 4.16. The van der Waals surface area contributed by atoms with Gasteiger partial charge in [0.15, 0.2) is 0 Å². The van der Waals surface area contributed by atoms with E-state index in [1.165, 1.54) is 36.3 Å². The molecule has 1 aromatic heterocycles. The summed E-state index contributed by atoms with van der Waals surface area (Å²) >= 11 is 3.51. The molecule has 0 unspecified atom stereocenters. The first kappa shape index (κ1) is 13.8. The maximum atomic E-state index is 4.56. The Labute approximate surface area is 118 Å². The summed E-state index contributed by atoms with van der Waals surface area (Å²) in [5, 5.41) is 1.05. The number of alkyl halides is 1. The Morgan fingerprint density at radius 3 is 2.83 bits per heavy atom. The van der Waals surface area contributed by atoms with Gasteiger partial charge in [0.25, 0.3) is 0 Å². The molecule has 0 aliphatic heterocycles. The lowest BCUT2D eigenvalue weighted by atomic mass is 10.1. The molecule has 2 rings (SSSR count). The second kappa shape index (κ2) is 7.07. The van der Waals surface area contributed by atoms with Crippen molar-refractivity contribution in [1.29, 1.82) is 0 Å². The zero-order valence-corrected chi connectivity index (χ0v) is 12.7. The lowest BCUT2D eigenvalue weighted by Crippen LogP contribution is -2.27. The minimum absolute atomic E-state index is 1.02. The molecule has 1 aromatic rings. The van der Waals surface area contributed by atoms with E-state index in [1.807, 2.05) is 0 Å². The molecule has 100 valence electrons. The molecule has 0 fully saturated rings. The first-order valence-corrected chi connectivity index (χ1v) is 8.12. The molecule has 0 radical (unpaired) electrons. The summed E-state index contributed by atoms with van der Waals surface area (Å²) in [4.78, 5) is 11.4. The zero-order valence-electron chi connectivity index (χ0n) is 11.2. The van der Waals surface area contributed by atoms with E-state index >= 15 is 0 Å². The predicted octanol–water partition coefficient (Wildman–Crippen LogP) is 3.36. The highest BCUT2D eigenvalue weighted by Gasteiger charge is 2.17. The van der Waals surface area contributed by atoms with E-state index in [-0.39, 0.29) is 0 Å². The first-order valence-electron chi connectivity index (χ1n) is 7.00. The summed E-state index contributed by atoms with van der Waals surface area (Å²) in [5.74, 6) is 1.19. The summed E-state index contributed by atoms with van der Waals surface area (Å²) in [6, 6.07) is 0. The molecule has 1 heterocycles. The largest absolute Gasteiger partial charge is 0.357 e. The van der Waals surface area contributed by atoms with Crippen molar-refractivity contribution in [3.8, 4) is 0 Å². The van der Waals surface area contributed by atoms with E-state index < -0.39 is 0 Å². The Morgan fingerprint density at radius 1 is 1.22 bits per heavy atom. The lowest BCUT2D eigenvalue weighted by molar-refractivity contribution is 0.707. The van der Waals surface area contributed by atoms with Crippen molar-refractivity contribution in [3.63, 3.8) is 0 Å². The van der Waals surface area contributed by atoms with Crippen LogP contribution in [0.4, 0.5) is 5.82 Å². The Hall–Kier alpha value is -0.640. The molecular formula is C14H22BrN3. The number of aromatic nitrogens is 2. The number of fused-ring (bicyclic) bond motifs is 1. The van der Waals surface area contributed by atoms with Crippen molar-refractivity contribution in [2.24, 2.45) is 0 Å². The Morgan fingerprint density at radius 2 is 2.06 bits per heavy atom. The fourth-order valence-corrected chi connectivity index (χ4v) is 2.87. The molecule has 0 aromatic carbocycles. The van der Waals surface area contributed by atoms with Crippen molar-refractivity contribution < 1.29 is 0 Å². The van der Waals surface area contributed by atoms with Gasteiger partial charge in [-0.25, -0.2) is 9.97 Å². The molecule has 0 atom stereocenters. The van der Waals surface area contributed by atoms with Crippen LogP contribution in [0.5, 0.6) is 0 Å². The number of nitrogens with zero attached hydrogens (tertiary/aromatic N) is 3. The molecular weight excluding hydrogens is 290 g/mol. The second-order valence-electron chi connectivity index (χ2n) is 4.81. The maximum Gasteiger partial charge on any atom is 0.135 e. The van der Waals surface area contributed by atoms with Crippen LogP contribution in [0.1, 0.15) is 43.9 Å². The Kier molecular flexibility index (Phi) is 5.42. The number of aryl methyl sites for hydroxylation is 1. The monoisotopic (exact) mass is 311 g/mol. The van der Waals surface area contributed by atoms with E-state index in [0.29, 0.717) is 0 Å². The van der Waals surface area contributed by atoms with Crippen LogP contribution in [-0.2, 0) is 12.8 Å². The molecule has 0 bridgehead atoms. The van der Waals surface area contributed by atoms with Gasteiger partial charge in [-0.3, -0.25) is 0 Å². The van der Waals surface area contributed by atoms with Crippen LogP contribution in [0.25, 0.3) is 0 Å². The highest BCUT2D eigenvalue weighted by Crippen LogP contribution is 2.26. The van der Waals surface area contributed by atoms with Gasteiger partial charge in [0.2, 0.25) is 0 Å². The molecule has 0 amide bonds. The van der Waals surface area contributed by atoms with Crippen LogP contribution < -0.4 is 4.90 Å². The third-order valence-electron chi connectivity index (χ3n) is 3.60. The van der Waals surface area contributed by atoms with E-state index in [4.69, 9.17) is 0 Å². The number of rotatable bonds is 5. The average molecular weight is 312 g/mol. The highest BCUT2D eigenvalue weighted by atomic mass is 79.9. The summed E-state index contributed by atoms with van der Waals surface area (Å²) in [5.41, 5.74) is 2.70. The fourth-order valence-electron chi connectivity index (χ4n) is 2.62. The quantitative estimate of drug-likeness (QED) is 0.617. The molecule has 1 aliphatic carbocycles. The Balaban J connectivity index is 2.25. The van der Waals surface area contributed by atoms with Gasteiger partial charge in [0.1, 0.15) is 12.1 Å². The second-order valence-corrected chi connectivity index (χ2v) is 5.60. The van der Waals surface area contributed by atoms with Crippen molar-refractivity contribution in [3.05, 3.63) is 17.6 Å². The summed E-state index contributed by atoms with van der Waals surface area (Å²) in [6.07, 6.45) is 9.06. The molecule has 18 heavy (non-hydrogen) atoms. The Bertz CT molecular complexity index is 381. The third kappa shape index (κ3) is 3.22. The van der Waals surface area contributed by atoms with E-state index in [9.17, 15) is 0 Å². The number of hydrogen-bond donors (Lipinski definition) is 0. The molecule has 4 heteroatoms. The van der Waals surface area contributed by atoms with Crippen LogP contribution in [0.15, 0.2) is 6.33 Å². The SMILES string of the molecule is CCN(CCCBr)c1ncnc2c1CCCCC2. The van der Waals surface area contributed by atoms with Gasteiger partial charge >= 0.3 is 0 Å². The molecule has 0 saturated carbocycles. The van der Waals surface area contributed by atoms with Crippen molar-refractivity contribution in [1.82, 2.24) is 9.97 Å². The van der Waals surface area contributed by atoms with Crippen molar-refractivity contribution in [2.75, 3.05) is 23.3 Å². The minimum Gasteiger partial charge on any atom is -0.357 e. The number of halogens is 1. The lowest BCUT2D eigenvalue weighted by Gasteiger charge is -2.24. The van der Waals surface area contributed by atoms with E-state index in [2.05, 4.69) is 37.7 Å². The van der Waals surface area contributed by atoms with Crippen LogP contribution in [0.2, 0.25) is 0 Å². The summed E-state index contributed by atoms with van der Waals surface area (Å²) in [6.45, 7) is 4.31. The molecule has 0 spiro atoms. The number of hydrogen-bond acceptors (Lipinski definition) is 3. The van der Waals surface area contributed by atoms with Crippen LogP contribution in [0.3, 0.4) is 0 Å².